The summed E-state index contributed by atoms with van der Waals surface area (Å²) in [6, 6.07) is 1.20. The van der Waals surface area contributed by atoms with Gasteiger partial charge in [0.15, 0.2) is 0 Å². The summed E-state index contributed by atoms with van der Waals surface area (Å²) < 4.78 is 30.6. The minimum absolute atomic E-state index is 0.358. The molecule has 0 saturated heterocycles. The van der Waals surface area contributed by atoms with Gasteiger partial charge in [-0.05, 0) is 6.92 Å². The molecule has 10 heteroatoms. The van der Waals surface area contributed by atoms with Gasteiger partial charge in [-0.15, -0.1) is 0 Å². The van der Waals surface area contributed by atoms with Crippen molar-refractivity contribution in [2.24, 2.45) is 0 Å². The Morgan fingerprint density at radius 1 is 1.18 bits per heavy atom. The van der Waals surface area contributed by atoms with Gasteiger partial charge in [-0.2, -0.15) is 8.42 Å². The molecule has 1 aromatic rings. The van der Waals surface area contributed by atoms with Gasteiger partial charge in [0.05, 0.1) is 15.9 Å². The summed E-state index contributed by atoms with van der Waals surface area (Å²) >= 11 is 0. The zero-order chi connectivity index (χ0) is 13.4. The Morgan fingerprint density at radius 3 is 2.06 bits per heavy atom. The summed E-state index contributed by atoms with van der Waals surface area (Å²) in [5.41, 5.74) is -1.88. The zero-order valence-corrected chi connectivity index (χ0v) is 9.17. The molecule has 0 aliphatic heterocycles. The fourth-order valence-electron chi connectivity index (χ4n) is 1.22. The summed E-state index contributed by atoms with van der Waals surface area (Å²) in [7, 11) is -4.75. The Hall–Kier alpha value is -2.07. The molecule has 0 atom stereocenters. The van der Waals surface area contributed by atoms with Crippen molar-refractivity contribution in [3.8, 4) is 0 Å². The minimum atomic E-state index is -4.75. The molecule has 0 bridgehead atoms. The van der Waals surface area contributed by atoms with E-state index in [0.717, 1.165) is 6.92 Å². The highest BCUT2D eigenvalue weighted by molar-refractivity contribution is 7.85. The fraction of sp³-hybridized carbons (Fsp3) is 0.143. The average Bonchev–Trinajstić information content (AvgIpc) is 2.15. The predicted molar refractivity (Wildman–Crippen MR) is 54.3 cm³/mol. The van der Waals surface area contributed by atoms with Gasteiger partial charge in [0.2, 0.25) is 0 Å². The number of rotatable bonds is 3. The number of non-ortho nitro benzene ring substituents is 1. The second-order valence-electron chi connectivity index (χ2n) is 3.08. The van der Waals surface area contributed by atoms with Crippen LogP contribution < -0.4 is 0 Å². The van der Waals surface area contributed by atoms with Crippen LogP contribution >= 0.6 is 0 Å². The van der Waals surface area contributed by atoms with Gasteiger partial charge in [-0.3, -0.25) is 24.8 Å². The molecule has 92 valence electrons. The van der Waals surface area contributed by atoms with E-state index in [4.69, 9.17) is 4.55 Å². The molecule has 0 radical (unpaired) electrons. The van der Waals surface area contributed by atoms with Crippen LogP contribution in [0.25, 0.3) is 0 Å². The van der Waals surface area contributed by atoms with Crippen LogP contribution in [-0.4, -0.2) is 22.8 Å². The Bertz CT molecular complexity index is 607. The van der Waals surface area contributed by atoms with Crippen molar-refractivity contribution in [3.05, 3.63) is 37.9 Å². The molecule has 0 aliphatic rings. The lowest BCUT2D eigenvalue weighted by Gasteiger charge is -2.03. The first-order valence-electron chi connectivity index (χ1n) is 4.05. The molecule has 0 heterocycles. The van der Waals surface area contributed by atoms with Gasteiger partial charge >= 0.3 is 0 Å². The Labute approximate surface area is 94.7 Å². The van der Waals surface area contributed by atoms with Gasteiger partial charge in [0.1, 0.15) is 4.90 Å². The van der Waals surface area contributed by atoms with Crippen LogP contribution in [0.15, 0.2) is 17.0 Å². The zero-order valence-electron chi connectivity index (χ0n) is 8.35. The van der Waals surface area contributed by atoms with Crippen LogP contribution in [0, 0.1) is 27.2 Å². The van der Waals surface area contributed by atoms with Crippen molar-refractivity contribution in [2.75, 3.05) is 0 Å². The molecular formula is C7H6N2O7S. The Morgan fingerprint density at radius 2 is 1.71 bits per heavy atom. The van der Waals surface area contributed by atoms with Gasteiger partial charge in [0.25, 0.3) is 21.5 Å². The molecule has 0 aromatic heterocycles. The highest BCUT2D eigenvalue weighted by Gasteiger charge is 2.26. The van der Waals surface area contributed by atoms with E-state index in [1.165, 1.54) is 0 Å². The minimum Gasteiger partial charge on any atom is -0.282 e. The standard InChI is InChI=1S/C7H6N2O7S/c1-4-6(9(12)13)2-5(8(10)11)3-7(4)17(14,15)16/h2-3H,1H3,(H,14,15,16). The number of benzene rings is 1. The van der Waals surface area contributed by atoms with Gasteiger partial charge in [-0.25, -0.2) is 0 Å². The number of nitro groups is 2. The Balaban J connectivity index is 3.73. The van der Waals surface area contributed by atoms with Crippen molar-refractivity contribution >= 4 is 21.5 Å². The lowest BCUT2D eigenvalue weighted by Crippen LogP contribution is -2.05. The molecule has 0 saturated carbocycles. The van der Waals surface area contributed by atoms with E-state index in [0.29, 0.717) is 12.1 Å². The van der Waals surface area contributed by atoms with Crippen molar-refractivity contribution in [3.63, 3.8) is 0 Å². The van der Waals surface area contributed by atoms with Crippen LogP contribution in [-0.2, 0) is 10.1 Å². The van der Waals surface area contributed by atoms with E-state index in [1.807, 2.05) is 0 Å². The van der Waals surface area contributed by atoms with E-state index in [1.54, 1.807) is 0 Å². The molecule has 17 heavy (non-hydrogen) atoms. The molecule has 1 N–H and O–H groups in total. The van der Waals surface area contributed by atoms with Crippen LogP contribution in [0.1, 0.15) is 5.56 Å². The highest BCUT2D eigenvalue weighted by atomic mass is 32.2. The van der Waals surface area contributed by atoms with E-state index in [-0.39, 0.29) is 5.56 Å². The highest BCUT2D eigenvalue weighted by Crippen LogP contribution is 2.30. The SMILES string of the molecule is Cc1c([N+](=O)[O-])cc([N+](=O)[O-])cc1S(=O)(=O)O. The maximum atomic E-state index is 10.9. The van der Waals surface area contributed by atoms with E-state index < -0.39 is 36.2 Å². The lowest BCUT2D eigenvalue weighted by atomic mass is 10.2. The smallest absolute Gasteiger partial charge is 0.282 e. The second-order valence-corrected chi connectivity index (χ2v) is 4.47. The average molecular weight is 262 g/mol. The maximum Gasteiger partial charge on any atom is 0.295 e. The van der Waals surface area contributed by atoms with Crippen LogP contribution in [0.5, 0.6) is 0 Å². The fourth-order valence-corrected chi connectivity index (χ4v) is 1.98. The van der Waals surface area contributed by atoms with E-state index >= 15 is 0 Å². The first kappa shape index (κ1) is 13.0. The van der Waals surface area contributed by atoms with Crippen LogP contribution in [0.3, 0.4) is 0 Å². The van der Waals surface area contributed by atoms with E-state index in [2.05, 4.69) is 0 Å². The molecule has 1 rings (SSSR count). The summed E-state index contributed by atoms with van der Waals surface area (Å²) in [6.07, 6.45) is 0. The van der Waals surface area contributed by atoms with Crippen LogP contribution in [0.2, 0.25) is 0 Å². The van der Waals surface area contributed by atoms with Gasteiger partial charge in [-0.1, -0.05) is 0 Å². The number of hydrogen-bond acceptors (Lipinski definition) is 6. The predicted octanol–water partition coefficient (Wildman–Crippen LogP) is 1.06. The summed E-state index contributed by atoms with van der Waals surface area (Å²) in [4.78, 5) is 18.3. The molecule has 0 aliphatic carbocycles. The maximum absolute atomic E-state index is 10.9. The third-order valence-electron chi connectivity index (χ3n) is 2.00. The summed E-state index contributed by atoms with van der Waals surface area (Å²) in [5, 5.41) is 21.1. The van der Waals surface area contributed by atoms with Gasteiger partial charge in [0, 0.05) is 11.6 Å². The molecular weight excluding hydrogens is 256 g/mol. The molecule has 1 aromatic carbocycles. The topological polar surface area (TPSA) is 141 Å². The quantitative estimate of drug-likeness (QED) is 0.487. The number of hydrogen-bond donors (Lipinski definition) is 1. The Kier molecular flexibility index (Phi) is 3.11. The second kappa shape index (κ2) is 4.07. The molecule has 0 spiro atoms. The molecule has 0 amide bonds. The first-order valence-corrected chi connectivity index (χ1v) is 5.49. The monoisotopic (exact) mass is 262 g/mol. The first-order chi connectivity index (χ1) is 7.64. The van der Waals surface area contributed by atoms with E-state index in [9.17, 15) is 28.6 Å². The van der Waals surface area contributed by atoms with Crippen LogP contribution in [0.4, 0.5) is 11.4 Å². The molecule has 0 fully saturated rings. The van der Waals surface area contributed by atoms with Crippen molar-refractivity contribution in [1.29, 1.82) is 0 Å². The molecule has 0 unspecified atom stereocenters. The van der Waals surface area contributed by atoms with Crippen molar-refractivity contribution in [1.82, 2.24) is 0 Å². The summed E-state index contributed by atoms with van der Waals surface area (Å²) in [6.45, 7) is 1.07. The summed E-state index contributed by atoms with van der Waals surface area (Å²) in [5.74, 6) is 0. The van der Waals surface area contributed by atoms with Crippen molar-refractivity contribution < 1.29 is 22.8 Å². The number of nitrogens with zero attached hydrogens (tertiary/aromatic N) is 2. The van der Waals surface area contributed by atoms with Crippen molar-refractivity contribution in [2.45, 2.75) is 11.8 Å². The number of nitro benzene ring substituents is 2. The third-order valence-corrected chi connectivity index (χ3v) is 2.98. The normalized spacial score (nSPS) is 11.2. The lowest BCUT2D eigenvalue weighted by molar-refractivity contribution is -0.394. The van der Waals surface area contributed by atoms with Gasteiger partial charge < -0.3 is 0 Å². The molecule has 9 nitrogen and oxygen atoms in total. The third kappa shape index (κ3) is 2.54. The largest absolute Gasteiger partial charge is 0.295 e.